The average molecular weight is 296 g/mol. The number of aliphatic carboxylic acids is 1. The first-order valence-corrected chi connectivity index (χ1v) is 6.98. The molecule has 0 spiro atoms. The molecule has 0 saturated heterocycles. The van der Waals surface area contributed by atoms with Gasteiger partial charge in [0.15, 0.2) is 0 Å². The molecule has 1 amide bonds. The lowest BCUT2D eigenvalue weighted by atomic mass is 10.2. The van der Waals surface area contributed by atoms with Crippen LogP contribution in [0.1, 0.15) is 12.5 Å². The van der Waals surface area contributed by atoms with Gasteiger partial charge in [-0.05, 0) is 5.56 Å². The average Bonchev–Trinajstić information content (AvgIpc) is 2.43. The fourth-order valence-electron chi connectivity index (χ4n) is 1.76. The monoisotopic (exact) mass is 296 g/mol. The van der Waals surface area contributed by atoms with E-state index in [0.717, 1.165) is 5.56 Å². The summed E-state index contributed by atoms with van der Waals surface area (Å²) >= 11 is 4.09. The summed E-state index contributed by atoms with van der Waals surface area (Å²) in [5.41, 5.74) is 1.01. The van der Waals surface area contributed by atoms with Crippen LogP contribution in [0.2, 0.25) is 0 Å². The predicted molar refractivity (Wildman–Crippen MR) is 80.3 cm³/mol. The van der Waals surface area contributed by atoms with E-state index in [1.165, 1.54) is 5.01 Å². The van der Waals surface area contributed by atoms with E-state index < -0.39 is 5.97 Å². The Bertz CT molecular complexity index is 453. The lowest BCUT2D eigenvalue weighted by Crippen LogP contribution is -2.48. The van der Waals surface area contributed by atoms with Gasteiger partial charge in [0.2, 0.25) is 5.91 Å². The van der Waals surface area contributed by atoms with E-state index in [-0.39, 0.29) is 18.4 Å². The van der Waals surface area contributed by atoms with Gasteiger partial charge in [0.1, 0.15) is 6.54 Å². The minimum Gasteiger partial charge on any atom is -0.480 e. The number of nitrogens with zero attached hydrogens (tertiary/aromatic N) is 2. The maximum Gasteiger partial charge on any atom is 0.324 e. The predicted octanol–water partition coefficient (Wildman–Crippen LogP) is 1.51. The third-order valence-corrected chi connectivity index (χ3v) is 3.45. The van der Waals surface area contributed by atoms with Gasteiger partial charge in [-0.15, -0.1) is 0 Å². The Balaban J connectivity index is 2.81. The molecule has 1 rings (SSSR count). The van der Waals surface area contributed by atoms with Crippen LogP contribution in [0.4, 0.5) is 0 Å². The Morgan fingerprint density at radius 2 is 1.90 bits per heavy atom. The second-order valence-electron chi connectivity index (χ2n) is 4.67. The maximum atomic E-state index is 12.2. The number of hydrogen-bond acceptors (Lipinski definition) is 4. The zero-order chi connectivity index (χ0) is 15.1. The zero-order valence-electron chi connectivity index (χ0n) is 11.7. The van der Waals surface area contributed by atoms with Crippen molar-refractivity contribution in [1.29, 1.82) is 0 Å². The van der Waals surface area contributed by atoms with Crippen molar-refractivity contribution in [2.75, 3.05) is 19.3 Å². The highest BCUT2D eigenvalue weighted by Gasteiger charge is 2.25. The molecule has 0 fully saturated rings. The quantitative estimate of drug-likeness (QED) is 0.591. The van der Waals surface area contributed by atoms with Gasteiger partial charge in [0.05, 0.1) is 0 Å². The number of carboxylic acids is 1. The van der Waals surface area contributed by atoms with Crippen molar-refractivity contribution < 1.29 is 14.7 Å². The van der Waals surface area contributed by atoms with Crippen LogP contribution in [0.25, 0.3) is 0 Å². The molecule has 0 radical (unpaired) electrons. The number of carbonyl (C=O) groups is 2. The largest absolute Gasteiger partial charge is 0.480 e. The fraction of sp³-hybridized carbons (Fsp3) is 0.429. The summed E-state index contributed by atoms with van der Waals surface area (Å²) in [5, 5.41) is 11.9. The Labute approximate surface area is 124 Å². The van der Waals surface area contributed by atoms with E-state index in [0.29, 0.717) is 12.3 Å². The van der Waals surface area contributed by atoms with Crippen LogP contribution < -0.4 is 0 Å². The molecule has 5 nitrogen and oxygen atoms in total. The standard InChI is InChI=1S/C14H20N2O3S/c1-11(10-20)14(19)16(9-13(17)18)15(2)8-12-6-4-3-5-7-12/h3-7,11,20H,8-10H2,1-2H3,(H,17,18). The van der Waals surface area contributed by atoms with Gasteiger partial charge in [0, 0.05) is 25.3 Å². The van der Waals surface area contributed by atoms with Crippen molar-refractivity contribution in [2.24, 2.45) is 5.92 Å². The number of amides is 1. The molecule has 0 aliphatic carbocycles. The number of carboxylic acid groups (broad SMARTS) is 1. The highest BCUT2D eigenvalue weighted by Crippen LogP contribution is 2.10. The summed E-state index contributed by atoms with van der Waals surface area (Å²) < 4.78 is 0. The molecule has 0 aromatic heterocycles. The molecule has 0 saturated carbocycles. The topological polar surface area (TPSA) is 60.9 Å². The number of benzene rings is 1. The molecule has 1 unspecified atom stereocenters. The summed E-state index contributed by atoms with van der Waals surface area (Å²) in [7, 11) is 1.71. The highest BCUT2D eigenvalue weighted by atomic mass is 32.1. The van der Waals surface area contributed by atoms with Crippen LogP contribution >= 0.6 is 12.6 Å². The second-order valence-corrected chi connectivity index (χ2v) is 5.04. The number of thiol groups is 1. The zero-order valence-corrected chi connectivity index (χ0v) is 12.6. The molecular formula is C14H20N2O3S. The van der Waals surface area contributed by atoms with Crippen LogP contribution in [0.3, 0.4) is 0 Å². The first-order chi connectivity index (χ1) is 9.45. The van der Waals surface area contributed by atoms with Crippen LogP contribution in [-0.2, 0) is 16.1 Å². The number of carbonyl (C=O) groups excluding carboxylic acids is 1. The summed E-state index contributed by atoms with van der Waals surface area (Å²) in [6.45, 7) is 1.86. The van der Waals surface area contributed by atoms with E-state index in [2.05, 4.69) is 12.6 Å². The first kappa shape index (κ1) is 16.5. The fourth-order valence-corrected chi connectivity index (χ4v) is 1.92. The molecule has 0 bridgehead atoms. The minimum absolute atomic E-state index is 0.235. The van der Waals surface area contributed by atoms with Gasteiger partial charge in [0.25, 0.3) is 0 Å². The number of rotatable bonds is 7. The van der Waals surface area contributed by atoms with Crippen molar-refractivity contribution >= 4 is 24.5 Å². The normalized spacial score (nSPS) is 12.2. The van der Waals surface area contributed by atoms with E-state index in [4.69, 9.17) is 5.11 Å². The Morgan fingerprint density at radius 3 is 2.40 bits per heavy atom. The molecular weight excluding hydrogens is 276 g/mol. The molecule has 110 valence electrons. The molecule has 0 heterocycles. The molecule has 0 aliphatic rings. The minimum atomic E-state index is -1.04. The van der Waals surface area contributed by atoms with Crippen LogP contribution in [0.5, 0.6) is 0 Å². The summed E-state index contributed by atoms with van der Waals surface area (Å²) in [6.07, 6.45) is 0. The van der Waals surface area contributed by atoms with E-state index in [1.807, 2.05) is 30.3 Å². The molecule has 1 atom stereocenters. The maximum absolute atomic E-state index is 12.2. The smallest absolute Gasteiger partial charge is 0.324 e. The van der Waals surface area contributed by atoms with Gasteiger partial charge >= 0.3 is 5.97 Å². The van der Waals surface area contributed by atoms with Crippen LogP contribution in [0.15, 0.2) is 30.3 Å². The van der Waals surface area contributed by atoms with Gasteiger partial charge in [-0.3, -0.25) is 14.6 Å². The molecule has 1 N–H and O–H groups in total. The Morgan fingerprint density at radius 1 is 1.30 bits per heavy atom. The van der Waals surface area contributed by atoms with Crippen LogP contribution in [0, 0.1) is 5.92 Å². The molecule has 20 heavy (non-hydrogen) atoms. The van der Waals surface area contributed by atoms with Crippen molar-refractivity contribution in [3.05, 3.63) is 35.9 Å². The third-order valence-electron chi connectivity index (χ3n) is 2.90. The molecule has 6 heteroatoms. The lowest BCUT2D eigenvalue weighted by molar-refractivity contribution is -0.160. The van der Waals surface area contributed by atoms with Gasteiger partial charge in [-0.1, -0.05) is 37.3 Å². The van der Waals surface area contributed by atoms with E-state index >= 15 is 0 Å². The van der Waals surface area contributed by atoms with E-state index in [9.17, 15) is 9.59 Å². The SMILES string of the molecule is CC(CS)C(=O)N(CC(=O)O)N(C)Cc1ccccc1. The summed E-state index contributed by atoms with van der Waals surface area (Å²) in [4.78, 5) is 23.2. The lowest BCUT2D eigenvalue weighted by Gasteiger charge is -2.32. The first-order valence-electron chi connectivity index (χ1n) is 6.34. The van der Waals surface area contributed by atoms with Crippen molar-refractivity contribution in [3.8, 4) is 0 Å². The van der Waals surface area contributed by atoms with Crippen molar-refractivity contribution in [2.45, 2.75) is 13.5 Å². The number of hydrazine groups is 1. The van der Waals surface area contributed by atoms with Gasteiger partial charge < -0.3 is 5.11 Å². The Hall–Kier alpha value is -1.53. The molecule has 0 aliphatic heterocycles. The number of hydrogen-bond donors (Lipinski definition) is 2. The van der Waals surface area contributed by atoms with Gasteiger partial charge in [-0.2, -0.15) is 12.6 Å². The Kier molecular flexibility index (Phi) is 6.54. The molecule has 1 aromatic rings. The van der Waals surface area contributed by atoms with E-state index in [1.54, 1.807) is 19.0 Å². The molecule has 1 aromatic carbocycles. The van der Waals surface area contributed by atoms with Crippen molar-refractivity contribution in [3.63, 3.8) is 0 Å². The van der Waals surface area contributed by atoms with Gasteiger partial charge in [-0.25, -0.2) is 5.01 Å². The summed E-state index contributed by atoms with van der Waals surface area (Å²) in [6, 6.07) is 9.59. The van der Waals surface area contributed by atoms with Crippen LogP contribution in [-0.4, -0.2) is 46.3 Å². The summed E-state index contributed by atoms with van der Waals surface area (Å²) in [5.74, 6) is -1.21. The highest BCUT2D eigenvalue weighted by molar-refractivity contribution is 7.80. The van der Waals surface area contributed by atoms with Crippen molar-refractivity contribution in [1.82, 2.24) is 10.0 Å². The third kappa shape index (κ3) is 4.86. The second kappa shape index (κ2) is 7.91.